The number of carbonyl (C=O) groups excluding carboxylic acids is 1. The summed E-state index contributed by atoms with van der Waals surface area (Å²) in [5.74, 6) is 6.80. The molecule has 1 aromatic heterocycles. The van der Waals surface area contributed by atoms with Crippen molar-refractivity contribution in [2.45, 2.75) is 5.16 Å². The number of halogens is 1. The van der Waals surface area contributed by atoms with Crippen LogP contribution in [0.3, 0.4) is 0 Å². The second kappa shape index (κ2) is 9.94. The molecule has 0 spiro atoms. The van der Waals surface area contributed by atoms with Crippen LogP contribution >= 0.6 is 27.7 Å². The van der Waals surface area contributed by atoms with E-state index < -0.39 is 0 Å². The van der Waals surface area contributed by atoms with Crippen LogP contribution in [0.4, 0.5) is 11.6 Å². The topological polar surface area (TPSA) is 119 Å². The summed E-state index contributed by atoms with van der Waals surface area (Å²) in [5.41, 5.74) is 4.29. The number of nitrogen functional groups attached to an aromatic ring is 1. The Bertz CT molecular complexity index is 1010. The zero-order valence-corrected chi connectivity index (χ0v) is 17.8. The molecule has 11 heteroatoms. The Kier molecular flexibility index (Phi) is 7.09. The van der Waals surface area contributed by atoms with Gasteiger partial charge >= 0.3 is 0 Å². The fourth-order valence-electron chi connectivity index (χ4n) is 2.19. The van der Waals surface area contributed by atoms with Crippen LogP contribution in [0.2, 0.25) is 0 Å². The third-order valence-electron chi connectivity index (χ3n) is 3.60. The van der Waals surface area contributed by atoms with E-state index in [4.69, 9.17) is 10.6 Å². The van der Waals surface area contributed by atoms with Crippen LogP contribution < -0.4 is 21.3 Å². The number of nitrogens with two attached hydrogens (primary N) is 1. The van der Waals surface area contributed by atoms with Gasteiger partial charge in [0, 0.05) is 16.2 Å². The summed E-state index contributed by atoms with van der Waals surface area (Å²) in [6, 6.07) is 14.8. The first kappa shape index (κ1) is 20.7. The lowest BCUT2D eigenvalue weighted by atomic mass is 10.2. The number of nitrogens with one attached hydrogen (secondary N) is 2. The number of ether oxygens (including phenoxy) is 1. The Morgan fingerprint density at radius 2 is 2.10 bits per heavy atom. The molecule has 0 saturated carbocycles. The number of rotatable bonds is 8. The molecule has 3 aromatic rings. The fraction of sp³-hybridized carbons (Fsp3) is 0.111. The maximum atomic E-state index is 12.1. The van der Waals surface area contributed by atoms with Crippen molar-refractivity contribution in [3.05, 3.63) is 58.6 Å². The first-order valence-corrected chi connectivity index (χ1v) is 10.1. The van der Waals surface area contributed by atoms with Gasteiger partial charge in [0.05, 0.1) is 19.1 Å². The Morgan fingerprint density at radius 3 is 2.86 bits per heavy atom. The number of thioether (sulfide) groups is 1. The lowest BCUT2D eigenvalue weighted by Crippen LogP contribution is -2.16. The number of methoxy groups -OCH3 is 1. The van der Waals surface area contributed by atoms with Crippen molar-refractivity contribution in [3.8, 4) is 5.75 Å². The maximum Gasteiger partial charge on any atom is 0.264 e. The summed E-state index contributed by atoms with van der Waals surface area (Å²) >= 11 is 4.54. The normalized spacial score (nSPS) is 10.8. The predicted molar refractivity (Wildman–Crippen MR) is 118 cm³/mol. The van der Waals surface area contributed by atoms with Gasteiger partial charge in [-0.1, -0.05) is 45.9 Å². The number of nitrogens with zero attached hydrogens (tertiary/aromatic N) is 4. The van der Waals surface area contributed by atoms with Gasteiger partial charge in [0.15, 0.2) is 0 Å². The molecule has 0 radical (unpaired) electrons. The van der Waals surface area contributed by atoms with Gasteiger partial charge in [-0.05, 0) is 29.8 Å². The standard InChI is InChI=1S/C18H18BrN7O2S/c1-28-15-4-2-3-14(9-15)22-16(27)11-29-18-25-24-17(26(18)20)23-21-10-12-5-7-13(19)8-6-12/h2-10H,11,20H2,1H3,(H,22,27)(H,23,24)/b21-10+. The minimum Gasteiger partial charge on any atom is -0.497 e. The number of carbonyl (C=O) groups is 1. The van der Waals surface area contributed by atoms with Crippen molar-refractivity contribution in [3.63, 3.8) is 0 Å². The largest absolute Gasteiger partial charge is 0.497 e. The Morgan fingerprint density at radius 1 is 1.31 bits per heavy atom. The molecule has 0 aliphatic rings. The molecule has 3 rings (SSSR count). The van der Waals surface area contributed by atoms with Crippen molar-refractivity contribution < 1.29 is 9.53 Å². The van der Waals surface area contributed by atoms with Crippen molar-refractivity contribution in [1.82, 2.24) is 14.9 Å². The minimum atomic E-state index is -0.200. The lowest BCUT2D eigenvalue weighted by molar-refractivity contribution is -0.113. The molecule has 0 bridgehead atoms. The number of amides is 1. The molecule has 0 atom stereocenters. The highest BCUT2D eigenvalue weighted by atomic mass is 79.9. The van der Waals surface area contributed by atoms with Crippen LogP contribution in [0.15, 0.2) is 63.3 Å². The predicted octanol–water partition coefficient (Wildman–Crippen LogP) is 2.94. The van der Waals surface area contributed by atoms with Crippen molar-refractivity contribution in [1.29, 1.82) is 0 Å². The number of hydrogen-bond acceptors (Lipinski definition) is 8. The van der Waals surface area contributed by atoms with E-state index in [9.17, 15) is 4.79 Å². The van der Waals surface area contributed by atoms with E-state index in [1.165, 1.54) is 4.68 Å². The highest BCUT2D eigenvalue weighted by molar-refractivity contribution is 9.10. The quantitative estimate of drug-likeness (QED) is 0.198. The third kappa shape index (κ3) is 5.96. The van der Waals surface area contributed by atoms with E-state index in [0.29, 0.717) is 16.6 Å². The van der Waals surface area contributed by atoms with Gasteiger partial charge in [0.25, 0.3) is 5.95 Å². The molecule has 4 N–H and O–H groups in total. The monoisotopic (exact) mass is 475 g/mol. The van der Waals surface area contributed by atoms with Crippen LogP contribution in [0.25, 0.3) is 0 Å². The molecule has 29 heavy (non-hydrogen) atoms. The van der Waals surface area contributed by atoms with Gasteiger partial charge in [-0.25, -0.2) is 10.1 Å². The molecular weight excluding hydrogens is 458 g/mol. The summed E-state index contributed by atoms with van der Waals surface area (Å²) in [4.78, 5) is 12.1. The van der Waals surface area contributed by atoms with Gasteiger partial charge in [-0.3, -0.25) is 4.79 Å². The van der Waals surface area contributed by atoms with E-state index in [1.807, 2.05) is 24.3 Å². The summed E-state index contributed by atoms with van der Waals surface area (Å²) in [6.07, 6.45) is 1.63. The molecule has 1 amide bonds. The summed E-state index contributed by atoms with van der Waals surface area (Å²) in [7, 11) is 1.57. The zero-order valence-electron chi connectivity index (χ0n) is 15.4. The number of aromatic nitrogens is 3. The van der Waals surface area contributed by atoms with Gasteiger partial charge in [0.2, 0.25) is 11.1 Å². The van der Waals surface area contributed by atoms with Crippen LogP contribution in [0.1, 0.15) is 5.56 Å². The van der Waals surface area contributed by atoms with Crippen LogP contribution in [0, 0.1) is 0 Å². The highest BCUT2D eigenvalue weighted by Crippen LogP contribution is 2.19. The Labute approximate surface area is 179 Å². The molecule has 2 aromatic carbocycles. The number of benzene rings is 2. The molecule has 9 nitrogen and oxygen atoms in total. The average Bonchev–Trinajstić information content (AvgIpc) is 3.07. The smallest absolute Gasteiger partial charge is 0.264 e. The Hall–Kier alpha value is -3.05. The molecule has 0 aliphatic heterocycles. The molecule has 0 saturated heterocycles. The van der Waals surface area contributed by atoms with E-state index >= 15 is 0 Å². The number of hydrazone groups is 1. The lowest BCUT2D eigenvalue weighted by Gasteiger charge is -2.07. The molecule has 0 unspecified atom stereocenters. The molecule has 150 valence electrons. The zero-order chi connectivity index (χ0) is 20.6. The first-order chi connectivity index (χ1) is 14.0. The van der Waals surface area contributed by atoms with Gasteiger partial charge in [-0.15, -0.1) is 10.2 Å². The van der Waals surface area contributed by atoms with Crippen LogP contribution in [-0.2, 0) is 4.79 Å². The van der Waals surface area contributed by atoms with Crippen molar-refractivity contribution in [2.75, 3.05) is 29.4 Å². The Balaban J connectivity index is 1.52. The molecule has 0 fully saturated rings. The van der Waals surface area contributed by atoms with E-state index in [2.05, 4.69) is 42.0 Å². The van der Waals surface area contributed by atoms with E-state index in [1.54, 1.807) is 37.6 Å². The van der Waals surface area contributed by atoms with E-state index in [-0.39, 0.29) is 17.6 Å². The van der Waals surface area contributed by atoms with E-state index in [0.717, 1.165) is 21.8 Å². The minimum absolute atomic E-state index is 0.120. The SMILES string of the molecule is COc1cccc(NC(=O)CSc2nnc(N/N=C/c3ccc(Br)cc3)n2N)c1. The third-order valence-corrected chi connectivity index (χ3v) is 5.07. The molecule has 0 aliphatic carbocycles. The van der Waals surface area contributed by atoms with Crippen molar-refractivity contribution >= 4 is 51.4 Å². The average molecular weight is 476 g/mol. The summed E-state index contributed by atoms with van der Waals surface area (Å²) < 4.78 is 7.36. The molecular formula is C18H18BrN7O2S. The first-order valence-electron chi connectivity index (χ1n) is 8.37. The maximum absolute atomic E-state index is 12.1. The highest BCUT2D eigenvalue weighted by Gasteiger charge is 2.12. The fourth-order valence-corrected chi connectivity index (χ4v) is 3.11. The number of anilines is 2. The van der Waals surface area contributed by atoms with Gasteiger partial charge < -0.3 is 15.9 Å². The second-order valence-corrected chi connectivity index (χ2v) is 7.52. The van der Waals surface area contributed by atoms with Gasteiger partial charge in [-0.2, -0.15) is 5.10 Å². The second-order valence-electron chi connectivity index (χ2n) is 5.67. The number of hydrogen-bond donors (Lipinski definition) is 3. The summed E-state index contributed by atoms with van der Waals surface area (Å²) in [6.45, 7) is 0. The van der Waals surface area contributed by atoms with Crippen LogP contribution in [0.5, 0.6) is 5.75 Å². The van der Waals surface area contributed by atoms with Crippen LogP contribution in [-0.4, -0.2) is 39.9 Å². The van der Waals surface area contributed by atoms with Gasteiger partial charge in [0.1, 0.15) is 5.75 Å². The molecule has 1 heterocycles. The van der Waals surface area contributed by atoms with Crippen molar-refractivity contribution in [2.24, 2.45) is 5.10 Å². The summed E-state index contributed by atoms with van der Waals surface area (Å²) in [5, 5.41) is 15.2.